The standard InChI is InChI=1S/C12H15BrN2O/c13-9-1-2-10(11(14)7-9)12(16)8-3-5-15-6-4-8/h1-2,7-8,15H,3-6,14H2. The number of carbonyl (C=O) groups is 1. The van der Waals surface area contributed by atoms with Crippen molar-refractivity contribution in [1.29, 1.82) is 0 Å². The molecule has 0 saturated carbocycles. The molecule has 0 unspecified atom stereocenters. The number of anilines is 1. The van der Waals surface area contributed by atoms with Crippen LogP contribution in [-0.4, -0.2) is 18.9 Å². The van der Waals surface area contributed by atoms with Crippen molar-refractivity contribution in [3.63, 3.8) is 0 Å². The molecule has 1 heterocycles. The SMILES string of the molecule is Nc1cc(Br)ccc1C(=O)C1CCNCC1. The Morgan fingerprint density at radius 1 is 1.38 bits per heavy atom. The number of nitrogens with two attached hydrogens (primary N) is 1. The first-order chi connectivity index (χ1) is 7.68. The number of hydrogen-bond acceptors (Lipinski definition) is 3. The smallest absolute Gasteiger partial charge is 0.168 e. The molecule has 1 aliphatic heterocycles. The van der Waals surface area contributed by atoms with Gasteiger partial charge in [0.2, 0.25) is 0 Å². The Labute approximate surface area is 104 Å². The quantitative estimate of drug-likeness (QED) is 0.646. The van der Waals surface area contributed by atoms with Crippen molar-refractivity contribution in [2.24, 2.45) is 5.92 Å². The summed E-state index contributed by atoms with van der Waals surface area (Å²) in [6, 6.07) is 5.46. The predicted molar refractivity (Wildman–Crippen MR) is 68.5 cm³/mol. The fraction of sp³-hybridized carbons (Fsp3) is 0.417. The summed E-state index contributed by atoms with van der Waals surface area (Å²) in [5.74, 6) is 0.316. The second-order valence-electron chi connectivity index (χ2n) is 4.12. The van der Waals surface area contributed by atoms with Crippen LogP contribution in [0.15, 0.2) is 22.7 Å². The van der Waals surface area contributed by atoms with Crippen LogP contribution in [0.4, 0.5) is 5.69 Å². The highest BCUT2D eigenvalue weighted by molar-refractivity contribution is 9.10. The van der Waals surface area contributed by atoms with Crippen molar-refractivity contribution in [2.75, 3.05) is 18.8 Å². The highest BCUT2D eigenvalue weighted by Crippen LogP contribution is 2.24. The lowest BCUT2D eigenvalue weighted by Crippen LogP contribution is -2.32. The number of nitrogens with one attached hydrogen (secondary N) is 1. The monoisotopic (exact) mass is 282 g/mol. The molecular weight excluding hydrogens is 268 g/mol. The van der Waals surface area contributed by atoms with Gasteiger partial charge in [0.05, 0.1) is 0 Å². The van der Waals surface area contributed by atoms with E-state index in [0.717, 1.165) is 30.4 Å². The van der Waals surface area contributed by atoms with Gasteiger partial charge in [0.15, 0.2) is 5.78 Å². The first-order valence-electron chi connectivity index (χ1n) is 5.48. The van der Waals surface area contributed by atoms with Crippen molar-refractivity contribution in [2.45, 2.75) is 12.8 Å². The molecule has 0 bridgehead atoms. The van der Waals surface area contributed by atoms with Crippen molar-refractivity contribution in [3.05, 3.63) is 28.2 Å². The van der Waals surface area contributed by atoms with Gasteiger partial charge in [-0.3, -0.25) is 4.79 Å². The Balaban J connectivity index is 2.19. The van der Waals surface area contributed by atoms with Crippen molar-refractivity contribution in [1.82, 2.24) is 5.32 Å². The number of halogens is 1. The van der Waals surface area contributed by atoms with Gasteiger partial charge in [0.1, 0.15) is 0 Å². The Kier molecular flexibility index (Phi) is 3.61. The van der Waals surface area contributed by atoms with E-state index in [9.17, 15) is 4.79 Å². The van der Waals surface area contributed by atoms with Gasteiger partial charge >= 0.3 is 0 Å². The highest BCUT2D eigenvalue weighted by atomic mass is 79.9. The average molecular weight is 283 g/mol. The Hall–Kier alpha value is -0.870. The molecule has 1 aromatic carbocycles. The number of Topliss-reactive ketones (excluding diaryl/α,β-unsaturated/α-hetero) is 1. The average Bonchev–Trinajstić information content (AvgIpc) is 2.29. The lowest BCUT2D eigenvalue weighted by Gasteiger charge is -2.21. The van der Waals surface area contributed by atoms with Crippen LogP contribution in [0.2, 0.25) is 0 Å². The van der Waals surface area contributed by atoms with Gasteiger partial charge in [-0.25, -0.2) is 0 Å². The molecule has 0 aromatic heterocycles. The first-order valence-corrected chi connectivity index (χ1v) is 6.28. The van der Waals surface area contributed by atoms with E-state index in [0.29, 0.717) is 11.3 Å². The number of carbonyl (C=O) groups excluding carboxylic acids is 1. The number of nitrogen functional groups attached to an aromatic ring is 1. The van der Waals surface area contributed by atoms with Crippen LogP contribution in [0.25, 0.3) is 0 Å². The molecule has 1 aliphatic rings. The van der Waals surface area contributed by atoms with E-state index in [4.69, 9.17) is 5.73 Å². The summed E-state index contributed by atoms with van der Waals surface area (Å²) in [5.41, 5.74) is 7.09. The van der Waals surface area contributed by atoms with Gasteiger partial charge in [0.25, 0.3) is 0 Å². The Bertz CT molecular complexity index is 400. The minimum Gasteiger partial charge on any atom is -0.398 e. The molecule has 1 fully saturated rings. The Morgan fingerprint density at radius 2 is 2.06 bits per heavy atom. The molecular formula is C12H15BrN2O. The summed E-state index contributed by atoms with van der Waals surface area (Å²) >= 11 is 3.34. The van der Waals surface area contributed by atoms with Gasteiger partial charge in [-0.1, -0.05) is 15.9 Å². The number of hydrogen-bond donors (Lipinski definition) is 2. The number of piperidine rings is 1. The van der Waals surface area contributed by atoms with Gasteiger partial charge in [-0.15, -0.1) is 0 Å². The second-order valence-corrected chi connectivity index (χ2v) is 5.04. The molecule has 86 valence electrons. The van der Waals surface area contributed by atoms with E-state index in [1.165, 1.54) is 0 Å². The summed E-state index contributed by atoms with van der Waals surface area (Å²) in [6.07, 6.45) is 1.82. The van der Waals surface area contributed by atoms with Crippen LogP contribution in [-0.2, 0) is 0 Å². The molecule has 4 heteroatoms. The lowest BCUT2D eigenvalue weighted by atomic mass is 9.89. The van der Waals surface area contributed by atoms with Crippen molar-refractivity contribution < 1.29 is 4.79 Å². The first kappa shape index (κ1) is 11.6. The molecule has 3 nitrogen and oxygen atoms in total. The van der Waals surface area contributed by atoms with Gasteiger partial charge in [-0.05, 0) is 44.1 Å². The van der Waals surface area contributed by atoms with E-state index in [1.54, 1.807) is 6.07 Å². The fourth-order valence-electron chi connectivity index (χ4n) is 2.06. The maximum atomic E-state index is 12.2. The molecule has 0 radical (unpaired) electrons. The van der Waals surface area contributed by atoms with Crippen LogP contribution in [0.5, 0.6) is 0 Å². The zero-order valence-electron chi connectivity index (χ0n) is 9.00. The van der Waals surface area contributed by atoms with Gasteiger partial charge in [-0.2, -0.15) is 0 Å². The van der Waals surface area contributed by atoms with Crippen LogP contribution >= 0.6 is 15.9 Å². The molecule has 16 heavy (non-hydrogen) atoms. The van der Waals surface area contributed by atoms with E-state index in [2.05, 4.69) is 21.2 Å². The van der Waals surface area contributed by atoms with Crippen molar-refractivity contribution in [3.8, 4) is 0 Å². The molecule has 2 rings (SSSR count). The molecule has 0 aliphatic carbocycles. The van der Waals surface area contributed by atoms with Gasteiger partial charge in [0, 0.05) is 21.6 Å². The van der Waals surface area contributed by atoms with E-state index < -0.39 is 0 Å². The van der Waals surface area contributed by atoms with Crippen LogP contribution < -0.4 is 11.1 Å². The fourth-order valence-corrected chi connectivity index (χ4v) is 2.44. The van der Waals surface area contributed by atoms with Crippen LogP contribution in [0.1, 0.15) is 23.2 Å². The predicted octanol–water partition coefficient (Wildman–Crippen LogP) is 2.21. The summed E-state index contributed by atoms with van der Waals surface area (Å²) < 4.78 is 0.909. The minimum absolute atomic E-state index is 0.129. The third kappa shape index (κ3) is 2.44. The normalized spacial score (nSPS) is 17.3. The van der Waals surface area contributed by atoms with Crippen LogP contribution in [0.3, 0.4) is 0 Å². The molecule has 1 saturated heterocycles. The molecule has 0 spiro atoms. The zero-order chi connectivity index (χ0) is 11.5. The third-order valence-electron chi connectivity index (χ3n) is 2.99. The maximum Gasteiger partial charge on any atom is 0.168 e. The molecule has 0 amide bonds. The maximum absolute atomic E-state index is 12.2. The molecule has 3 N–H and O–H groups in total. The van der Waals surface area contributed by atoms with Crippen LogP contribution in [0, 0.1) is 5.92 Å². The largest absolute Gasteiger partial charge is 0.398 e. The number of rotatable bonds is 2. The summed E-state index contributed by atoms with van der Waals surface area (Å²) in [6.45, 7) is 1.85. The summed E-state index contributed by atoms with van der Waals surface area (Å²) in [7, 11) is 0. The van der Waals surface area contributed by atoms with Gasteiger partial charge < -0.3 is 11.1 Å². The summed E-state index contributed by atoms with van der Waals surface area (Å²) in [5, 5.41) is 3.25. The zero-order valence-corrected chi connectivity index (χ0v) is 10.6. The molecule has 1 aromatic rings. The van der Waals surface area contributed by atoms with E-state index >= 15 is 0 Å². The third-order valence-corrected chi connectivity index (χ3v) is 3.48. The highest BCUT2D eigenvalue weighted by Gasteiger charge is 2.23. The lowest BCUT2D eigenvalue weighted by molar-refractivity contribution is 0.0896. The topological polar surface area (TPSA) is 55.1 Å². The Morgan fingerprint density at radius 3 is 2.69 bits per heavy atom. The minimum atomic E-state index is 0.129. The van der Waals surface area contributed by atoms with E-state index in [-0.39, 0.29) is 11.7 Å². The molecule has 0 atom stereocenters. The van der Waals surface area contributed by atoms with Crippen molar-refractivity contribution >= 4 is 27.4 Å². The second kappa shape index (κ2) is 4.97. The number of benzene rings is 1. The summed E-state index contributed by atoms with van der Waals surface area (Å²) in [4.78, 5) is 12.2. The van der Waals surface area contributed by atoms with E-state index in [1.807, 2.05) is 12.1 Å². The number of ketones is 1.